The van der Waals surface area contributed by atoms with Gasteiger partial charge in [-0.1, -0.05) is 279 Å². The third-order valence-electron chi connectivity index (χ3n) is 15.5. The molecule has 1 fully saturated rings. The van der Waals surface area contributed by atoms with Gasteiger partial charge in [0.05, 0.1) is 6.61 Å². The Balaban J connectivity index is 2.66. The maximum absolute atomic E-state index is 13.2. The number of carbonyl (C=O) groups is 4. The molecule has 0 aromatic rings. The standard InChI is InChI=1S/C73H124O12/c1-4-7-10-13-16-19-22-25-28-31-33-36-38-41-44-47-50-53-56-59-65(74)81-62-64(83-66(75)60-57-54-51-48-45-42-39-35-30-27-24-21-18-15-12-9-6-3)63-82-73-71(69(78)68(77)70(85-73)72(79)80)84-67(76)61-58-55-52-49-46-43-40-37-34-32-29-26-23-20-17-14-11-8-5-2/h9,12,16,18-19,21,25,27-28,30,39,42,48,51,64,68-71,73,77-78H,4-8,10-11,13-15,17,20,22-24,26,29,31-38,40-41,43-47,49-50,52-63H2,1-3H3,(H,79,80)/b12-9-,19-16-,21-18-,28-25-,30-27-,42-39-,51-48-. The van der Waals surface area contributed by atoms with Crippen molar-refractivity contribution in [3.8, 4) is 0 Å². The first-order valence-electron chi connectivity index (χ1n) is 34.6. The van der Waals surface area contributed by atoms with Crippen molar-refractivity contribution >= 4 is 23.9 Å². The highest BCUT2D eigenvalue weighted by atomic mass is 16.7. The molecule has 3 N–H and O–H groups in total. The van der Waals surface area contributed by atoms with E-state index in [2.05, 4.69) is 99.8 Å². The molecule has 1 heterocycles. The number of allylic oxidation sites excluding steroid dienone is 14. The molecule has 0 saturated carbocycles. The fourth-order valence-corrected chi connectivity index (χ4v) is 10.2. The van der Waals surface area contributed by atoms with Crippen molar-refractivity contribution < 1.29 is 58.2 Å². The van der Waals surface area contributed by atoms with E-state index in [9.17, 15) is 34.5 Å². The molecule has 0 radical (unpaired) electrons. The van der Waals surface area contributed by atoms with Crippen LogP contribution in [-0.2, 0) is 42.9 Å². The number of aliphatic carboxylic acids is 1. The average Bonchev–Trinajstić information content (AvgIpc) is 3.53. The van der Waals surface area contributed by atoms with Crippen molar-refractivity contribution in [3.63, 3.8) is 0 Å². The molecule has 0 aromatic heterocycles. The van der Waals surface area contributed by atoms with Crippen LogP contribution in [0, 0.1) is 0 Å². The first-order chi connectivity index (χ1) is 41.6. The second-order valence-electron chi connectivity index (χ2n) is 23.4. The van der Waals surface area contributed by atoms with Crippen molar-refractivity contribution in [1.82, 2.24) is 0 Å². The van der Waals surface area contributed by atoms with Gasteiger partial charge in [-0.2, -0.15) is 0 Å². The summed E-state index contributed by atoms with van der Waals surface area (Å²) in [6.07, 6.45) is 66.9. The molecule has 12 heteroatoms. The monoisotopic (exact) mass is 1190 g/mol. The van der Waals surface area contributed by atoms with Gasteiger partial charge in [-0.05, 0) is 89.9 Å². The van der Waals surface area contributed by atoms with Gasteiger partial charge in [-0.25, -0.2) is 4.79 Å². The summed E-state index contributed by atoms with van der Waals surface area (Å²) in [4.78, 5) is 51.4. The molecule has 0 amide bonds. The van der Waals surface area contributed by atoms with E-state index in [1.807, 2.05) is 6.08 Å². The number of carbonyl (C=O) groups excluding carboxylic acids is 3. The van der Waals surface area contributed by atoms with Gasteiger partial charge in [0.15, 0.2) is 24.6 Å². The number of esters is 3. The zero-order valence-corrected chi connectivity index (χ0v) is 54.1. The van der Waals surface area contributed by atoms with Crippen molar-refractivity contribution in [2.45, 2.75) is 340 Å². The van der Waals surface area contributed by atoms with E-state index in [4.69, 9.17) is 23.7 Å². The van der Waals surface area contributed by atoms with E-state index in [0.29, 0.717) is 25.7 Å². The molecule has 0 aromatic carbocycles. The summed E-state index contributed by atoms with van der Waals surface area (Å²) in [6.45, 7) is 5.85. The third kappa shape index (κ3) is 49.6. The quantitative estimate of drug-likeness (QED) is 0.0228. The summed E-state index contributed by atoms with van der Waals surface area (Å²) in [5.41, 5.74) is 0. The molecular weight excluding hydrogens is 1070 g/mol. The normalized spacial score (nSPS) is 18.0. The summed E-state index contributed by atoms with van der Waals surface area (Å²) in [5.74, 6) is -3.19. The van der Waals surface area contributed by atoms with E-state index in [0.717, 1.165) is 89.9 Å². The minimum atomic E-state index is -1.91. The summed E-state index contributed by atoms with van der Waals surface area (Å²) in [5, 5.41) is 31.7. The average molecular weight is 1190 g/mol. The van der Waals surface area contributed by atoms with Gasteiger partial charge in [0.2, 0.25) is 0 Å². The number of hydrogen-bond acceptors (Lipinski definition) is 11. The Kier molecular flexibility index (Phi) is 55.9. The maximum Gasteiger partial charge on any atom is 0.335 e. The van der Waals surface area contributed by atoms with E-state index in [-0.39, 0.29) is 25.9 Å². The number of ether oxygens (including phenoxy) is 5. The van der Waals surface area contributed by atoms with Gasteiger partial charge in [0, 0.05) is 19.3 Å². The molecule has 6 unspecified atom stereocenters. The van der Waals surface area contributed by atoms with Gasteiger partial charge in [0.1, 0.15) is 18.8 Å². The minimum absolute atomic E-state index is 0.0549. The minimum Gasteiger partial charge on any atom is -0.479 e. The molecule has 488 valence electrons. The number of aliphatic hydroxyl groups is 2. The van der Waals surface area contributed by atoms with Gasteiger partial charge in [-0.3, -0.25) is 14.4 Å². The number of carboxylic acid groups (broad SMARTS) is 1. The Hall–Kier alpha value is -4.10. The van der Waals surface area contributed by atoms with Gasteiger partial charge in [0.25, 0.3) is 0 Å². The zero-order valence-electron chi connectivity index (χ0n) is 54.1. The lowest BCUT2D eigenvalue weighted by molar-refractivity contribution is -0.301. The lowest BCUT2D eigenvalue weighted by Gasteiger charge is -2.40. The van der Waals surface area contributed by atoms with Crippen molar-refractivity contribution in [3.05, 3.63) is 85.1 Å². The van der Waals surface area contributed by atoms with Crippen LogP contribution in [-0.4, -0.2) is 89.2 Å². The Morgan fingerprint density at radius 3 is 1.19 bits per heavy atom. The molecule has 0 aliphatic carbocycles. The van der Waals surface area contributed by atoms with Gasteiger partial charge in [-0.15, -0.1) is 0 Å². The summed E-state index contributed by atoms with van der Waals surface area (Å²) < 4.78 is 28.5. The molecule has 1 rings (SSSR count). The highest BCUT2D eigenvalue weighted by Gasteiger charge is 2.50. The molecule has 0 spiro atoms. The second-order valence-corrected chi connectivity index (χ2v) is 23.4. The Bertz CT molecular complexity index is 1800. The van der Waals surface area contributed by atoms with E-state index in [1.54, 1.807) is 0 Å². The highest BCUT2D eigenvalue weighted by Crippen LogP contribution is 2.27. The van der Waals surface area contributed by atoms with Crippen LogP contribution in [0.2, 0.25) is 0 Å². The van der Waals surface area contributed by atoms with Crippen molar-refractivity contribution in [1.29, 1.82) is 0 Å². The number of unbranched alkanes of at least 4 members (excludes halogenated alkanes) is 31. The van der Waals surface area contributed by atoms with E-state index >= 15 is 0 Å². The Labute approximate surface area is 518 Å². The topological polar surface area (TPSA) is 175 Å². The summed E-state index contributed by atoms with van der Waals surface area (Å²) >= 11 is 0. The molecule has 1 aliphatic heterocycles. The largest absolute Gasteiger partial charge is 0.479 e. The molecule has 85 heavy (non-hydrogen) atoms. The maximum atomic E-state index is 13.2. The third-order valence-corrected chi connectivity index (χ3v) is 15.5. The molecule has 0 bridgehead atoms. The van der Waals surface area contributed by atoms with Gasteiger partial charge < -0.3 is 39.0 Å². The lowest BCUT2D eigenvalue weighted by atomic mass is 9.98. The predicted molar refractivity (Wildman–Crippen MR) is 349 cm³/mol. The fourth-order valence-electron chi connectivity index (χ4n) is 10.2. The first kappa shape index (κ1) is 78.9. The van der Waals surface area contributed by atoms with Crippen molar-refractivity contribution in [2.24, 2.45) is 0 Å². The molecule has 1 saturated heterocycles. The van der Waals surface area contributed by atoms with Crippen LogP contribution in [0.4, 0.5) is 0 Å². The smallest absolute Gasteiger partial charge is 0.335 e. The SMILES string of the molecule is CC/C=C\C/C=C\C/C=C\C/C=C\C/C=C\CCCC(=O)OC(COC(=O)CCCCCCCCCCC/C=C\C/C=C\CCCCC)COC1OC(C(=O)O)C(O)C(O)C1OC(=O)CCCCCCCCCCCCCCCCCCCCC. The second kappa shape index (κ2) is 60.2. The number of hydrogen-bond donors (Lipinski definition) is 3. The lowest BCUT2D eigenvalue weighted by Crippen LogP contribution is -2.61. The number of carboxylic acids is 1. The number of aliphatic hydroxyl groups excluding tert-OH is 2. The van der Waals surface area contributed by atoms with Crippen molar-refractivity contribution in [2.75, 3.05) is 13.2 Å². The van der Waals surface area contributed by atoms with Crippen LogP contribution in [0.5, 0.6) is 0 Å². The summed E-state index contributed by atoms with van der Waals surface area (Å²) in [7, 11) is 0. The predicted octanol–water partition coefficient (Wildman–Crippen LogP) is 19.0. The van der Waals surface area contributed by atoms with Gasteiger partial charge >= 0.3 is 23.9 Å². The van der Waals surface area contributed by atoms with Crippen LogP contribution in [0.1, 0.15) is 303 Å². The summed E-state index contributed by atoms with van der Waals surface area (Å²) in [6, 6.07) is 0. The Morgan fingerprint density at radius 2 is 0.753 bits per heavy atom. The van der Waals surface area contributed by atoms with Crippen LogP contribution in [0.3, 0.4) is 0 Å². The Morgan fingerprint density at radius 1 is 0.400 bits per heavy atom. The van der Waals surface area contributed by atoms with Crippen LogP contribution >= 0.6 is 0 Å². The number of rotatable bonds is 59. The first-order valence-corrected chi connectivity index (χ1v) is 34.6. The molecular formula is C73H124O12. The molecule has 1 aliphatic rings. The van der Waals surface area contributed by atoms with Crippen LogP contribution in [0.25, 0.3) is 0 Å². The zero-order chi connectivity index (χ0) is 61.7. The van der Waals surface area contributed by atoms with Crippen LogP contribution in [0.15, 0.2) is 85.1 Å². The fraction of sp³-hybridized carbons (Fsp3) is 0.753. The highest BCUT2D eigenvalue weighted by molar-refractivity contribution is 5.74. The molecule has 12 nitrogen and oxygen atoms in total. The van der Waals surface area contributed by atoms with E-state index in [1.165, 1.54) is 148 Å². The molecule has 6 atom stereocenters. The van der Waals surface area contributed by atoms with E-state index < -0.39 is 67.3 Å². The van der Waals surface area contributed by atoms with Crippen LogP contribution < -0.4 is 0 Å².